The average Bonchev–Trinajstić information content (AvgIpc) is 3.15. The Labute approximate surface area is 177 Å². The highest BCUT2D eigenvalue weighted by molar-refractivity contribution is 5.94. The number of aryl methyl sites for hydroxylation is 1. The number of hydrogen-bond acceptors (Lipinski definition) is 4. The number of nitrogens with zero attached hydrogens (tertiary/aromatic N) is 3. The summed E-state index contributed by atoms with van der Waals surface area (Å²) in [5, 5.41) is 18.8. The molecule has 30 heavy (non-hydrogen) atoms. The standard InChI is InChI=1S/C23H30N4O3/c1-14-20(27(29)30)15(2)26(25-14)13-16-6-8-17(9-7-16)21(28)24-19-12-18-10-11-23(19,5)22(18,3)4/h6-9,18-19H,10-13H2,1-5H3,(H,24,28). The Morgan fingerprint density at radius 2 is 1.93 bits per heavy atom. The molecule has 1 heterocycles. The summed E-state index contributed by atoms with van der Waals surface area (Å²) < 4.78 is 1.64. The summed E-state index contributed by atoms with van der Waals surface area (Å²) in [6, 6.07) is 7.65. The number of nitro groups is 1. The first kappa shape index (κ1) is 20.6. The molecule has 2 bridgehead atoms. The fourth-order valence-corrected chi connectivity index (χ4v) is 5.70. The molecular weight excluding hydrogens is 380 g/mol. The summed E-state index contributed by atoms with van der Waals surface area (Å²) in [4.78, 5) is 23.7. The number of nitrogens with one attached hydrogen (secondary N) is 1. The fraction of sp³-hybridized carbons (Fsp3) is 0.565. The number of amides is 1. The van der Waals surface area contributed by atoms with Gasteiger partial charge < -0.3 is 5.32 Å². The minimum Gasteiger partial charge on any atom is -0.349 e. The first-order valence-electron chi connectivity index (χ1n) is 10.6. The Bertz CT molecular complexity index is 1010. The topological polar surface area (TPSA) is 90.1 Å². The molecule has 0 aliphatic heterocycles. The van der Waals surface area contributed by atoms with Crippen molar-refractivity contribution in [1.29, 1.82) is 0 Å². The number of rotatable bonds is 5. The van der Waals surface area contributed by atoms with Crippen molar-refractivity contribution < 1.29 is 9.72 Å². The molecule has 3 unspecified atom stereocenters. The second-order valence-electron chi connectivity index (χ2n) is 9.77. The van der Waals surface area contributed by atoms with Crippen LogP contribution in [0.2, 0.25) is 0 Å². The van der Waals surface area contributed by atoms with E-state index in [1.165, 1.54) is 12.8 Å². The summed E-state index contributed by atoms with van der Waals surface area (Å²) in [5.74, 6) is 0.651. The van der Waals surface area contributed by atoms with Crippen LogP contribution in [0.4, 0.5) is 5.69 Å². The van der Waals surface area contributed by atoms with E-state index in [2.05, 4.69) is 31.2 Å². The molecule has 0 radical (unpaired) electrons. The molecule has 7 heteroatoms. The van der Waals surface area contributed by atoms with Crippen molar-refractivity contribution >= 4 is 11.6 Å². The predicted octanol–water partition coefficient (Wildman–Crippen LogP) is 4.40. The zero-order valence-corrected chi connectivity index (χ0v) is 18.4. The second kappa shape index (κ2) is 6.93. The molecule has 0 saturated heterocycles. The van der Waals surface area contributed by atoms with Crippen LogP contribution in [-0.2, 0) is 6.54 Å². The van der Waals surface area contributed by atoms with Gasteiger partial charge >= 0.3 is 5.69 Å². The number of hydrogen-bond donors (Lipinski definition) is 1. The van der Waals surface area contributed by atoms with Crippen LogP contribution in [0.15, 0.2) is 24.3 Å². The van der Waals surface area contributed by atoms with E-state index in [-0.39, 0.29) is 33.4 Å². The maximum absolute atomic E-state index is 12.9. The summed E-state index contributed by atoms with van der Waals surface area (Å²) >= 11 is 0. The summed E-state index contributed by atoms with van der Waals surface area (Å²) in [7, 11) is 0. The molecule has 3 atom stereocenters. The molecule has 2 aliphatic rings. The third kappa shape index (κ3) is 3.02. The van der Waals surface area contributed by atoms with Crippen LogP contribution in [0.3, 0.4) is 0 Å². The highest BCUT2D eigenvalue weighted by atomic mass is 16.6. The lowest BCUT2D eigenvalue weighted by atomic mass is 9.69. The van der Waals surface area contributed by atoms with Crippen LogP contribution in [0, 0.1) is 40.7 Å². The van der Waals surface area contributed by atoms with Gasteiger partial charge in [0, 0.05) is 11.6 Å². The van der Waals surface area contributed by atoms with Gasteiger partial charge in [-0.2, -0.15) is 5.10 Å². The number of carbonyl (C=O) groups excluding carboxylic acids is 1. The van der Waals surface area contributed by atoms with Crippen molar-refractivity contribution in [3.8, 4) is 0 Å². The Kier molecular flexibility index (Phi) is 4.75. The molecule has 1 amide bonds. The van der Waals surface area contributed by atoms with Gasteiger partial charge in [-0.15, -0.1) is 0 Å². The van der Waals surface area contributed by atoms with Crippen LogP contribution >= 0.6 is 0 Å². The fourth-order valence-electron chi connectivity index (χ4n) is 5.70. The van der Waals surface area contributed by atoms with Crippen molar-refractivity contribution in [2.45, 2.75) is 66.5 Å². The molecule has 4 rings (SSSR count). The SMILES string of the molecule is Cc1nn(Cc2ccc(C(=O)NC3CC4CCC3(C)C4(C)C)cc2)c(C)c1[N+](=O)[O-]. The highest BCUT2D eigenvalue weighted by Gasteiger charge is 2.61. The summed E-state index contributed by atoms with van der Waals surface area (Å²) in [5.41, 5.74) is 3.01. The van der Waals surface area contributed by atoms with E-state index in [9.17, 15) is 14.9 Å². The van der Waals surface area contributed by atoms with Crippen LogP contribution in [0.1, 0.15) is 67.3 Å². The lowest BCUT2D eigenvalue weighted by Crippen LogP contribution is -2.46. The van der Waals surface area contributed by atoms with Gasteiger partial charge in [0.1, 0.15) is 11.4 Å². The zero-order chi connectivity index (χ0) is 21.8. The Balaban J connectivity index is 1.45. The zero-order valence-electron chi connectivity index (χ0n) is 18.4. The minimum absolute atomic E-state index is 0.0297. The molecule has 2 aliphatic carbocycles. The van der Waals surface area contributed by atoms with Crippen molar-refractivity contribution in [1.82, 2.24) is 15.1 Å². The summed E-state index contributed by atoms with van der Waals surface area (Å²) in [6.07, 6.45) is 3.49. The van der Waals surface area contributed by atoms with Gasteiger partial charge in [0.05, 0.1) is 11.5 Å². The minimum atomic E-state index is -0.390. The maximum Gasteiger partial charge on any atom is 0.312 e. The lowest BCUT2D eigenvalue weighted by molar-refractivity contribution is -0.386. The van der Waals surface area contributed by atoms with Gasteiger partial charge in [0.25, 0.3) is 5.91 Å². The van der Waals surface area contributed by atoms with E-state index in [1.54, 1.807) is 18.5 Å². The average molecular weight is 411 g/mol. The van der Waals surface area contributed by atoms with Gasteiger partial charge in [0.2, 0.25) is 0 Å². The molecule has 2 fully saturated rings. The molecule has 1 aromatic carbocycles. The largest absolute Gasteiger partial charge is 0.349 e. The van der Waals surface area contributed by atoms with E-state index in [1.807, 2.05) is 24.3 Å². The molecule has 1 N–H and O–H groups in total. The van der Waals surface area contributed by atoms with E-state index in [4.69, 9.17) is 0 Å². The van der Waals surface area contributed by atoms with Gasteiger partial charge in [0.15, 0.2) is 0 Å². The third-order valence-electron chi connectivity index (χ3n) is 8.17. The van der Waals surface area contributed by atoms with Crippen molar-refractivity contribution in [2.75, 3.05) is 0 Å². The smallest absolute Gasteiger partial charge is 0.312 e. The quantitative estimate of drug-likeness (QED) is 0.584. The Morgan fingerprint density at radius 1 is 1.27 bits per heavy atom. The van der Waals surface area contributed by atoms with E-state index >= 15 is 0 Å². The van der Waals surface area contributed by atoms with E-state index in [0.29, 0.717) is 29.4 Å². The monoisotopic (exact) mass is 410 g/mol. The maximum atomic E-state index is 12.9. The lowest BCUT2D eigenvalue weighted by Gasteiger charge is -2.39. The van der Waals surface area contributed by atoms with Crippen LogP contribution < -0.4 is 5.32 Å². The molecular formula is C23H30N4O3. The molecule has 2 saturated carbocycles. The number of fused-ring (bicyclic) bond motifs is 2. The first-order valence-corrected chi connectivity index (χ1v) is 10.6. The molecule has 7 nitrogen and oxygen atoms in total. The van der Waals surface area contributed by atoms with E-state index in [0.717, 1.165) is 12.0 Å². The second-order valence-corrected chi connectivity index (χ2v) is 9.77. The Morgan fingerprint density at radius 3 is 2.43 bits per heavy atom. The van der Waals surface area contributed by atoms with E-state index < -0.39 is 0 Å². The van der Waals surface area contributed by atoms with Crippen LogP contribution in [-0.4, -0.2) is 26.7 Å². The summed E-state index contributed by atoms with van der Waals surface area (Å²) in [6.45, 7) is 10.8. The predicted molar refractivity (Wildman–Crippen MR) is 114 cm³/mol. The van der Waals surface area contributed by atoms with Gasteiger partial charge in [-0.1, -0.05) is 32.9 Å². The van der Waals surface area contributed by atoms with Crippen LogP contribution in [0.5, 0.6) is 0 Å². The molecule has 1 aromatic heterocycles. The van der Waals surface area contributed by atoms with Gasteiger partial charge in [-0.05, 0) is 67.6 Å². The van der Waals surface area contributed by atoms with Gasteiger partial charge in [-0.3, -0.25) is 19.6 Å². The van der Waals surface area contributed by atoms with Crippen molar-refractivity contribution in [3.63, 3.8) is 0 Å². The highest BCUT2D eigenvalue weighted by Crippen LogP contribution is 2.65. The normalized spacial score (nSPS) is 26.7. The van der Waals surface area contributed by atoms with Gasteiger partial charge in [-0.25, -0.2) is 0 Å². The van der Waals surface area contributed by atoms with Crippen LogP contribution in [0.25, 0.3) is 0 Å². The third-order valence-corrected chi connectivity index (χ3v) is 8.17. The van der Waals surface area contributed by atoms with Crippen molar-refractivity contribution in [3.05, 3.63) is 56.9 Å². The molecule has 2 aromatic rings. The number of benzene rings is 1. The first-order chi connectivity index (χ1) is 14.0. The van der Waals surface area contributed by atoms with Crippen molar-refractivity contribution in [2.24, 2.45) is 16.7 Å². The number of carbonyl (C=O) groups is 1. The number of aromatic nitrogens is 2. The Hall–Kier alpha value is -2.70. The molecule has 0 spiro atoms. The molecule has 160 valence electrons.